The van der Waals surface area contributed by atoms with Gasteiger partial charge in [0.05, 0.1) is 12.7 Å². The number of hydrogen-bond acceptors (Lipinski definition) is 3. The highest BCUT2D eigenvalue weighted by atomic mass is 16.5. The Bertz CT molecular complexity index is 340. The smallest absolute Gasteiger partial charge is 0.108 e. The Morgan fingerprint density at radius 3 is 3.06 bits per heavy atom. The molecular weight excluding hydrogens is 202 g/mol. The van der Waals surface area contributed by atoms with Gasteiger partial charge in [-0.05, 0) is 12.8 Å². The Morgan fingerprint density at radius 1 is 1.44 bits per heavy atom. The zero-order valence-corrected chi connectivity index (χ0v) is 9.54. The molecule has 1 atom stereocenters. The summed E-state index contributed by atoms with van der Waals surface area (Å²) in [7, 11) is 0. The highest BCUT2D eigenvalue weighted by Crippen LogP contribution is 2.35. The van der Waals surface area contributed by atoms with Crippen molar-refractivity contribution in [2.45, 2.75) is 37.7 Å². The molecule has 0 radical (unpaired) electrons. The second-order valence-electron chi connectivity index (χ2n) is 4.81. The molecule has 1 aromatic heterocycles. The molecule has 1 unspecified atom stereocenters. The lowest BCUT2D eigenvalue weighted by Crippen LogP contribution is -2.39. The van der Waals surface area contributed by atoms with Crippen LogP contribution in [0.15, 0.2) is 6.20 Å². The summed E-state index contributed by atoms with van der Waals surface area (Å²) in [5.74, 6) is 1.82. The Kier molecular flexibility index (Phi) is 2.93. The van der Waals surface area contributed by atoms with E-state index in [0.29, 0.717) is 0 Å². The van der Waals surface area contributed by atoms with Crippen LogP contribution in [0.2, 0.25) is 0 Å². The molecule has 1 aromatic rings. The summed E-state index contributed by atoms with van der Waals surface area (Å²) >= 11 is 0. The standard InChI is InChI=1S/C12H19N3O/c1-2-9(3-1)11-8-14-12(15-11)6-10-7-13-4-5-16-10/h8-10,13H,1-7H2,(H,14,15). The maximum atomic E-state index is 5.67. The summed E-state index contributed by atoms with van der Waals surface area (Å²) < 4.78 is 5.67. The topological polar surface area (TPSA) is 49.9 Å². The molecular formula is C12H19N3O. The van der Waals surface area contributed by atoms with Gasteiger partial charge in [-0.3, -0.25) is 0 Å². The summed E-state index contributed by atoms with van der Waals surface area (Å²) in [4.78, 5) is 7.89. The van der Waals surface area contributed by atoms with Crippen molar-refractivity contribution in [3.8, 4) is 0 Å². The largest absolute Gasteiger partial charge is 0.375 e. The van der Waals surface area contributed by atoms with E-state index in [1.807, 2.05) is 6.20 Å². The molecule has 0 aromatic carbocycles. The number of ether oxygens (including phenoxy) is 1. The molecule has 2 fully saturated rings. The zero-order valence-electron chi connectivity index (χ0n) is 9.54. The van der Waals surface area contributed by atoms with Crippen molar-refractivity contribution >= 4 is 0 Å². The van der Waals surface area contributed by atoms with Gasteiger partial charge in [0.1, 0.15) is 5.82 Å². The minimum absolute atomic E-state index is 0.286. The maximum Gasteiger partial charge on any atom is 0.108 e. The van der Waals surface area contributed by atoms with Crippen LogP contribution in [-0.2, 0) is 11.2 Å². The summed E-state index contributed by atoms with van der Waals surface area (Å²) in [5, 5.41) is 3.34. The van der Waals surface area contributed by atoms with E-state index in [1.165, 1.54) is 25.0 Å². The lowest BCUT2D eigenvalue weighted by molar-refractivity contribution is 0.0281. The van der Waals surface area contributed by atoms with Gasteiger partial charge in [-0.2, -0.15) is 0 Å². The molecule has 0 spiro atoms. The SMILES string of the molecule is c1nc(CC2CNCCO2)[nH]c1C1CCC1. The molecule has 2 N–H and O–H groups in total. The van der Waals surface area contributed by atoms with Crippen LogP contribution in [-0.4, -0.2) is 35.8 Å². The summed E-state index contributed by atoms with van der Waals surface area (Å²) in [5.41, 5.74) is 1.32. The molecule has 2 aliphatic rings. The third kappa shape index (κ3) is 2.13. The summed E-state index contributed by atoms with van der Waals surface area (Å²) in [6.07, 6.45) is 7.21. The number of rotatable bonds is 3. The van der Waals surface area contributed by atoms with Gasteiger partial charge < -0.3 is 15.0 Å². The minimum atomic E-state index is 0.286. The molecule has 4 heteroatoms. The first-order valence-corrected chi connectivity index (χ1v) is 6.28. The zero-order chi connectivity index (χ0) is 10.8. The predicted octanol–water partition coefficient (Wildman–Crippen LogP) is 1.21. The van der Waals surface area contributed by atoms with Crippen molar-refractivity contribution in [3.63, 3.8) is 0 Å². The third-order valence-corrected chi connectivity index (χ3v) is 3.62. The van der Waals surface area contributed by atoms with Gasteiger partial charge >= 0.3 is 0 Å². The van der Waals surface area contributed by atoms with Crippen molar-refractivity contribution in [1.29, 1.82) is 0 Å². The maximum absolute atomic E-state index is 5.67. The van der Waals surface area contributed by atoms with E-state index in [2.05, 4.69) is 15.3 Å². The van der Waals surface area contributed by atoms with Crippen LogP contribution in [0, 0.1) is 0 Å². The molecule has 1 aliphatic carbocycles. The van der Waals surface area contributed by atoms with Crippen LogP contribution >= 0.6 is 0 Å². The van der Waals surface area contributed by atoms with Gasteiger partial charge in [-0.15, -0.1) is 0 Å². The Balaban J connectivity index is 1.58. The van der Waals surface area contributed by atoms with Gasteiger partial charge in [0.2, 0.25) is 0 Å². The quantitative estimate of drug-likeness (QED) is 0.806. The highest BCUT2D eigenvalue weighted by molar-refractivity contribution is 5.10. The van der Waals surface area contributed by atoms with Crippen molar-refractivity contribution in [2.75, 3.05) is 19.7 Å². The van der Waals surface area contributed by atoms with Crippen LogP contribution in [0.5, 0.6) is 0 Å². The lowest BCUT2D eigenvalue weighted by atomic mass is 9.83. The molecule has 88 valence electrons. The Hall–Kier alpha value is -0.870. The van der Waals surface area contributed by atoms with Gasteiger partial charge in [0, 0.05) is 37.3 Å². The van der Waals surface area contributed by atoms with Crippen LogP contribution < -0.4 is 5.32 Å². The molecule has 0 bridgehead atoms. The number of aromatic nitrogens is 2. The first kappa shape index (κ1) is 10.3. The normalized spacial score (nSPS) is 26.6. The second kappa shape index (κ2) is 4.55. The number of imidazole rings is 1. The molecule has 2 heterocycles. The van der Waals surface area contributed by atoms with Crippen molar-refractivity contribution in [3.05, 3.63) is 17.7 Å². The van der Waals surface area contributed by atoms with Gasteiger partial charge in [0.15, 0.2) is 0 Å². The number of morpholine rings is 1. The molecule has 16 heavy (non-hydrogen) atoms. The Morgan fingerprint density at radius 2 is 2.38 bits per heavy atom. The lowest BCUT2D eigenvalue weighted by Gasteiger charge is -2.24. The van der Waals surface area contributed by atoms with Gasteiger partial charge in [0.25, 0.3) is 0 Å². The van der Waals surface area contributed by atoms with Crippen LogP contribution in [0.1, 0.15) is 36.7 Å². The molecule has 1 saturated carbocycles. The fourth-order valence-electron chi connectivity index (χ4n) is 2.38. The average molecular weight is 221 g/mol. The molecule has 4 nitrogen and oxygen atoms in total. The first-order chi connectivity index (χ1) is 7.92. The van der Waals surface area contributed by atoms with E-state index in [0.717, 1.165) is 37.9 Å². The summed E-state index contributed by atoms with van der Waals surface area (Å²) in [6, 6.07) is 0. The Labute approximate surface area is 95.8 Å². The molecule has 1 aliphatic heterocycles. The molecule has 1 saturated heterocycles. The van der Waals surface area contributed by atoms with Crippen molar-refractivity contribution in [2.24, 2.45) is 0 Å². The fraction of sp³-hybridized carbons (Fsp3) is 0.750. The van der Waals surface area contributed by atoms with Crippen molar-refractivity contribution in [1.82, 2.24) is 15.3 Å². The van der Waals surface area contributed by atoms with E-state index in [9.17, 15) is 0 Å². The number of hydrogen-bond donors (Lipinski definition) is 2. The highest BCUT2D eigenvalue weighted by Gasteiger charge is 2.22. The summed E-state index contributed by atoms with van der Waals surface area (Å²) in [6.45, 7) is 2.74. The predicted molar refractivity (Wildman–Crippen MR) is 61.5 cm³/mol. The van der Waals surface area contributed by atoms with E-state index < -0.39 is 0 Å². The molecule has 0 amide bonds. The number of nitrogens with zero attached hydrogens (tertiary/aromatic N) is 1. The molecule has 3 rings (SSSR count). The number of H-pyrrole nitrogens is 1. The van der Waals surface area contributed by atoms with Crippen LogP contribution in [0.25, 0.3) is 0 Å². The number of nitrogens with one attached hydrogen (secondary N) is 2. The van der Waals surface area contributed by atoms with Gasteiger partial charge in [-0.25, -0.2) is 4.98 Å². The van der Waals surface area contributed by atoms with E-state index in [1.54, 1.807) is 0 Å². The van der Waals surface area contributed by atoms with Crippen molar-refractivity contribution < 1.29 is 4.74 Å². The van der Waals surface area contributed by atoms with E-state index in [4.69, 9.17) is 4.74 Å². The average Bonchev–Trinajstić information content (AvgIpc) is 2.65. The van der Waals surface area contributed by atoms with Gasteiger partial charge in [-0.1, -0.05) is 6.42 Å². The number of aromatic amines is 1. The van der Waals surface area contributed by atoms with E-state index in [-0.39, 0.29) is 6.10 Å². The first-order valence-electron chi connectivity index (χ1n) is 6.28. The van der Waals surface area contributed by atoms with Crippen LogP contribution in [0.4, 0.5) is 0 Å². The fourth-order valence-corrected chi connectivity index (χ4v) is 2.38. The third-order valence-electron chi connectivity index (χ3n) is 3.62. The monoisotopic (exact) mass is 221 g/mol. The van der Waals surface area contributed by atoms with Crippen LogP contribution in [0.3, 0.4) is 0 Å². The second-order valence-corrected chi connectivity index (χ2v) is 4.81. The minimum Gasteiger partial charge on any atom is -0.375 e. The van der Waals surface area contributed by atoms with E-state index >= 15 is 0 Å².